The average Bonchev–Trinajstić information content (AvgIpc) is 2.57. The third kappa shape index (κ3) is 3.93. The van der Waals surface area contributed by atoms with Gasteiger partial charge >= 0.3 is 0 Å². The van der Waals surface area contributed by atoms with Gasteiger partial charge in [-0.3, -0.25) is 0 Å². The Kier molecular flexibility index (Phi) is 5.47. The van der Waals surface area contributed by atoms with E-state index in [9.17, 15) is 0 Å². The molecule has 0 bridgehead atoms. The monoisotopic (exact) mass is 364 g/mol. The van der Waals surface area contributed by atoms with Gasteiger partial charge in [-0.15, -0.1) is 0 Å². The summed E-state index contributed by atoms with van der Waals surface area (Å²) in [6.45, 7) is 5.25. The molecule has 1 unspecified atom stereocenters. The number of halogens is 2. The summed E-state index contributed by atoms with van der Waals surface area (Å²) in [4.78, 5) is 11.7. The summed E-state index contributed by atoms with van der Waals surface area (Å²) in [5, 5.41) is 4.37. The minimum Gasteiger partial charge on any atom is -0.340 e. The van der Waals surface area contributed by atoms with Crippen LogP contribution in [0.1, 0.15) is 38.3 Å². The number of hydrogen-bond donors (Lipinski definition) is 1. The van der Waals surface area contributed by atoms with Gasteiger partial charge in [-0.05, 0) is 50.8 Å². The van der Waals surface area contributed by atoms with E-state index in [0.29, 0.717) is 16.1 Å². The number of aryl methyl sites for hydroxylation is 1. The van der Waals surface area contributed by atoms with Crippen LogP contribution in [0.2, 0.25) is 10.0 Å². The largest absolute Gasteiger partial charge is 0.340 e. The Labute approximate surface area is 153 Å². The highest BCUT2D eigenvalue weighted by molar-refractivity contribution is 6.42. The van der Waals surface area contributed by atoms with E-state index in [4.69, 9.17) is 28.2 Å². The molecule has 0 amide bonds. The van der Waals surface area contributed by atoms with Crippen LogP contribution in [0.25, 0.3) is 0 Å². The van der Waals surface area contributed by atoms with Crippen molar-refractivity contribution in [1.29, 1.82) is 0 Å². The zero-order valence-corrected chi connectivity index (χ0v) is 15.5. The van der Waals surface area contributed by atoms with E-state index in [1.54, 1.807) is 12.1 Å². The number of piperidine rings is 1. The van der Waals surface area contributed by atoms with Crippen LogP contribution < -0.4 is 10.2 Å². The molecule has 1 fully saturated rings. The lowest BCUT2D eigenvalue weighted by molar-refractivity contribution is 0.443. The van der Waals surface area contributed by atoms with Gasteiger partial charge in [0, 0.05) is 30.0 Å². The lowest BCUT2D eigenvalue weighted by Crippen LogP contribution is -2.40. The lowest BCUT2D eigenvalue weighted by Gasteiger charge is -2.35. The molecule has 2 heterocycles. The first kappa shape index (κ1) is 17.3. The molecule has 24 heavy (non-hydrogen) atoms. The maximum Gasteiger partial charge on any atom is 0.227 e. The summed E-state index contributed by atoms with van der Waals surface area (Å²) in [6, 6.07) is 7.94. The van der Waals surface area contributed by atoms with Crippen LogP contribution in [0.4, 0.5) is 17.5 Å². The fraction of sp³-hybridized carbons (Fsp3) is 0.444. The Morgan fingerprint density at radius 1 is 1.17 bits per heavy atom. The van der Waals surface area contributed by atoms with E-state index in [0.717, 1.165) is 36.1 Å². The van der Waals surface area contributed by atoms with Crippen molar-refractivity contribution in [3.63, 3.8) is 0 Å². The maximum absolute atomic E-state index is 6.09. The molecule has 1 aromatic carbocycles. The zero-order chi connectivity index (χ0) is 17.1. The number of benzene rings is 1. The Morgan fingerprint density at radius 3 is 2.75 bits per heavy atom. The second-order valence-electron chi connectivity index (χ2n) is 6.20. The van der Waals surface area contributed by atoms with Crippen LogP contribution in [0.3, 0.4) is 0 Å². The van der Waals surface area contributed by atoms with E-state index >= 15 is 0 Å². The Hall–Kier alpha value is -1.52. The molecular formula is C18H22Cl2N4. The van der Waals surface area contributed by atoms with Crippen LogP contribution in [0.15, 0.2) is 24.3 Å². The van der Waals surface area contributed by atoms with Crippen LogP contribution in [-0.4, -0.2) is 22.6 Å². The summed E-state index contributed by atoms with van der Waals surface area (Å²) in [6.07, 6.45) is 4.81. The van der Waals surface area contributed by atoms with E-state index < -0.39 is 0 Å². The van der Waals surface area contributed by atoms with Crippen molar-refractivity contribution in [2.24, 2.45) is 0 Å². The zero-order valence-electron chi connectivity index (χ0n) is 14.0. The topological polar surface area (TPSA) is 41.1 Å². The van der Waals surface area contributed by atoms with Crippen molar-refractivity contribution in [2.45, 2.75) is 45.6 Å². The van der Waals surface area contributed by atoms with Gasteiger partial charge in [0.15, 0.2) is 0 Å². The second-order valence-corrected chi connectivity index (χ2v) is 7.01. The van der Waals surface area contributed by atoms with Crippen molar-refractivity contribution in [2.75, 3.05) is 16.8 Å². The summed E-state index contributed by atoms with van der Waals surface area (Å²) in [7, 11) is 0. The van der Waals surface area contributed by atoms with Gasteiger partial charge in [0.25, 0.3) is 0 Å². The molecule has 128 valence electrons. The third-order valence-electron chi connectivity index (χ3n) is 4.39. The van der Waals surface area contributed by atoms with Gasteiger partial charge < -0.3 is 10.2 Å². The summed E-state index contributed by atoms with van der Waals surface area (Å²) in [5.41, 5.74) is 1.81. The molecular weight excluding hydrogens is 343 g/mol. The normalized spacial score (nSPS) is 17.8. The summed E-state index contributed by atoms with van der Waals surface area (Å²) in [5.74, 6) is 1.58. The molecule has 0 radical (unpaired) electrons. The molecule has 0 spiro atoms. The number of nitrogens with one attached hydrogen (secondary N) is 1. The van der Waals surface area contributed by atoms with Crippen molar-refractivity contribution in [3.05, 3.63) is 40.0 Å². The first-order chi connectivity index (χ1) is 11.6. The predicted octanol–water partition coefficient (Wildman–Crippen LogP) is 5.60. The number of anilines is 3. The second kappa shape index (κ2) is 7.58. The van der Waals surface area contributed by atoms with Crippen LogP contribution in [-0.2, 0) is 0 Å². The van der Waals surface area contributed by atoms with Crippen molar-refractivity contribution in [3.8, 4) is 0 Å². The van der Waals surface area contributed by atoms with E-state index in [2.05, 4.69) is 22.1 Å². The van der Waals surface area contributed by atoms with Crippen molar-refractivity contribution in [1.82, 2.24) is 9.97 Å². The van der Waals surface area contributed by atoms with Gasteiger partial charge in [-0.2, -0.15) is 4.98 Å². The van der Waals surface area contributed by atoms with E-state index in [1.807, 2.05) is 19.1 Å². The minimum atomic E-state index is 0.523. The third-order valence-corrected chi connectivity index (χ3v) is 5.13. The quantitative estimate of drug-likeness (QED) is 0.765. The van der Waals surface area contributed by atoms with E-state index in [-0.39, 0.29) is 0 Å². The molecule has 4 nitrogen and oxygen atoms in total. The standard InChI is InChI=1S/C18H22Cl2N4/c1-3-14-6-4-5-9-24(14)18-21-12(2)10-17(23-18)22-13-7-8-15(19)16(20)11-13/h7-8,10-11,14H,3-6,9H2,1-2H3,(H,21,22,23). The number of nitrogens with zero attached hydrogens (tertiary/aromatic N) is 3. The Morgan fingerprint density at radius 2 is 2.00 bits per heavy atom. The average molecular weight is 365 g/mol. The number of rotatable bonds is 4. The smallest absolute Gasteiger partial charge is 0.227 e. The predicted molar refractivity (Wildman–Crippen MR) is 102 cm³/mol. The minimum absolute atomic E-state index is 0.523. The number of hydrogen-bond acceptors (Lipinski definition) is 4. The molecule has 0 aliphatic carbocycles. The first-order valence-corrected chi connectivity index (χ1v) is 9.17. The summed E-state index contributed by atoms with van der Waals surface area (Å²) >= 11 is 12.1. The molecule has 1 aliphatic rings. The van der Waals surface area contributed by atoms with Gasteiger partial charge in [-0.25, -0.2) is 4.98 Å². The van der Waals surface area contributed by atoms with Crippen molar-refractivity contribution < 1.29 is 0 Å². The number of aromatic nitrogens is 2. The molecule has 2 aromatic rings. The molecule has 1 atom stereocenters. The maximum atomic E-state index is 6.09. The molecule has 1 aromatic heterocycles. The molecule has 6 heteroatoms. The van der Waals surface area contributed by atoms with Crippen molar-refractivity contribution >= 4 is 40.7 Å². The van der Waals surface area contributed by atoms with Gasteiger partial charge in [-0.1, -0.05) is 30.1 Å². The lowest BCUT2D eigenvalue weighted by atomic mass is 10.0. The Balaban J connectivity index is 1.86. The van der Waals surface area contributed by atoms with Crippen LogP contribution in [0, 0.1) is 6.92 Å². The fourth-order valence-electron chi connectivity index (χ4n) is 3.16. The SMILES string of the molecule is CCC1CCCCN1c1nc(C)cc(Nc2ccc(Cl)c(Cl)c2)n1. The molecule has 3 rings (SSSR count). The van der Waals surface area contributed by atoms with E-state index in [1.165, 1.54) is 19.3 Å². The van der Waals surface area contributed by atoms with Crippen LogP contribution >= 0.6 is 23.2 Å². The molecule has 1 aliphatic heterocycles. The van der Waals surface area contributed by atoms with Gasteiger partial charge in [0.1, 0.15) is 5.82 Å². The molecule has 1 N–H and O–H groups in total. The summed E-state index contributed by atoms with van der Waals surface area (Å²) < 4.78 is 0. The molecule has 1 saturated heterocycles. The Bertz CT molecular complexity index is 720. The molecule has 0 saturated carbocycles. The first-order valence-electron chi connectivity index (χ1n) is 8.41. The van der Waals surface area contributed by atoms with Gasteiger partial charge in [0.05, 0.1) is 10.0 Å². The highest BCUT2D eigenvalue weighted by atomic mass is 35.5. The van der Waals surface area contributed by atoms with Gasteiger partial charge in [0.2, 0.25) is 5.95 Å². The van der Waals surface area contributed by atoms with Crippen LogP contribution in [0.5, 0.6) is 0 Å². The highest BCUT2D eigenvalue weighted by Crippen LogP contribution is 2.28. The highest BCUT2D eigenvalue weighted by Gasteiger charge is 2.23. The fourth-order valence-corrected chi connectivity index (χ4v) is 3.45.